The molecule has 1 aromatic rings. The molecule has 1 heterocycles. The van der Waals surface area contributed by atoms with Crippen LogP contribution < -0.4 is 16.8 Å². The molecule has 1 aliphatic rings. The molecule has 114 valence electrons. The molecule has 2 rings (SSSR count). The second-order valence-corrected chi connectivity index (χ2v) is 5.82. The molecule has 0 aromatic heterocycles. The third-order valence-corrected chi connectivity index (χ3v) is 4.27. The van der Waals surface area contributed by atoms with Gasteiger partial charge in [-0.05, 0) is 25.0 Å². The normalized spacial score (nSPS) is 21.2. The van der Waals surface area contributed by atoms with Crippen molar-refractivity contribution in [1.82, 2.24) is 0 Å². The van der Waals surface area contributed by atoms with Crippen molar-refractivity contribution in [2.75, 3.05) is 17.6 Å². The standard InChI is InChI=1S/C14H19N3O3S/c15-7-9-5-6-11(20-9)14(19)17-10-3-1-2-4-12(10)21-8-13(16)18/h1-4,9,11H,5-8,15H2,(H2,16,18)(H,17,19)/t9-,11+/m1/s1. The number of ether oxygens (including phenoxy) is 1. The highest BCUT2D eigenvalue weighted by atomic mass is 32.2. The summed E-state index contributed by atoms with van der Waals surface area (Å²) in [4.78, 5) is 23.9. The molecular weight excluding hydrogens is 290 g/mol. The van der Waals surface area contributed by atoms with E-state index >= 15 is 0 Å². The van der Waals surface area contributed by atoms with Gasteiger partial charge in [-0.2, -0.15) is 0 Å². The van der Waals surface area contributed by atoms with Crippen molar-refractivity contribution in [2.24, 2.45) is 11.5 Å². The Hall–Kier alpha value is -1.57. The second-order valence-electron chi connectivity index (χ2n) is 4.80. The topological polar surface area (TPSA) is 107 Å². The third-order valence-electron chi connectivity index (χ3n) is 3.18. The fourth-order valence-corrected chi connectivity index (χ4v) is 2.88. The number of rotatable bonds is 6. The van der Waals surface area contributed by atoms with E-state index in [1.807, 2.05) is 18.2 Å². The maximum absolute atomic E-state index is 12.2. The number of primary amides is 1. The first-order chi connectivity index (χ1) is 10.1. The number of anilines is 1. The number of hydrogen-bond acceptors (Lipinski definition) is 5. The van der Waals surface area contributed by atoms with E-state index in [1.54, 1.807) is 6.07 Å². The minimum atomic E-state index is -0.465. The number of benzene rings is 1. The number of para-hydroxylation sites is 1. The van der Waals surface area contributed by atoms with Crippen molar-refractivity contribution in [3.8, 4) is 0 Å². The van der Waals surface area contributed by atoms with Gasteiger partial charge in [-0.25, -0.2) is 0 Å². The SMILES string of the molecule is NC[C@H]1CC[C@@H](C(=O)Nc2ccccc2SCC(N)=O)O1. The number of carbonyl (C=O) groups is 2. The quantitative estimate of drug-likeness (QED) is 0.671. The Labute approximate surface area is 127 Å². The van der Waals surface area contributed by atoms with Gasteiger partial charge in [0.15, 0.2) is 0 Å². The maximum Gasteiger partial charge on any atom is 0.253 e. The first kappa shape index (κ1) is 15.8. The van der Waals surface area contributed by atoms with Crippen LogP contribution in [0.5, 0.6) is 0 Å². The first-order valence-corrected chi connectivity index (χ1v) is 7.75. The summed E-state index contributed by atoms with van der Waals surface area (Å²) in [6.07, 6.45) is 0.963. The average molecular weight is 309 g/mol. The zero-order valence-electron chi connectivity index (χ0n) is 11.6. The zero-order valence-corrected chi connectivity index (χ0v) is 12.4. The summed E-state index contributed by atoms with van der Waals surface area (Å²) in [5.41, 5.74) is 11.3. The van der Waals surface area contributed by atoms with Gasteiger partial charge in [0.1, 0.15) is 6.10 Å². The molecule has 0 bridgehead atoms. The Balaban J connectivity index is 1.99. The molecule has 1 aromatic carbocycles. The van der Waals surface area contributed by atoms with Crippen molar-refractivity contribution >= 4 is 29.3 Å². The Bertz CT molecular complexity index is 524. The van der Waals surface area contributed by atoms with Crippen molar-refractivity contribution in [1.29, 1.82) is 0 Å². The minimum absolute atomic E-state index is 0.0415. The number of thioether (sulfide) groups is 1. The Morgan fingerprint density at radius 1 is 1.33 bits per heavy atom. The second kappa shape index (κ2) is 7.44. The van der Waals surface area contributed by atoms with Crippen LogP contribution in [-0.4, -0.2) is 36.3 Å². The molecule has 0 unspecified atom stereocenters. The van der Waals surface area contributed by atoms with Crippen molar-refractivity contribution < 1.29 is 14.3 Å². The van der Waals surface area contributed by atoms with Crippen LogP contribution in [0.2, 0.25) is 0 Å². The lowest BCUT2D eigenvalue weighted by Crippen LogP contribution is -2.30. The summed E-state index contributed by atoms with van der Waals surface area (Å²) in [7, 11) is 0. The Morgan fingerprint density at radius 2 is 2.10 bits per heavy atom. The highest BCUT2D eigenvalue weighted by Crippen LogP contribution is 2.28. The molecular formula is C14H19N3O3S. The van der Waals surface area contributed by atoms with E-state index in [4.69, 9.17) is 16.2 Å². The van der Waals surface area contributed by atoms with Gasteiger partial charge < -0.3 is 21.5 Å². The first-order valence-electron chi connectivity index (χ1n) is 6.76. The molecule has 1 saturated heterocycles. The van der Waals surface area contributed by atoms with Gasteiger partial charge in [-0.3, -0.25) is 9.59 Å². The van der Waals surface area contributed by atoms with E-state index in [0.717, 1.165) is 11.3 Å². The van der Waals surface area contributed by atoms with Gasteiger partial charge in [0.05, 0.1) is 17.5 Å². The average Bonchev–Trinajstić information content (AvgIpc) is 2.95. The van der Waals surface area contributed by atoms with Gasteiger partial charge in [0.25, 0.3) is 5.91 Å². The molecule has 1 fully saturated rings. The van der Waals surface area contributed by atoms with E-state index in [0.29, 0.717) is 18.7 Å². The summed E-state index contributed by atoms with van der Waals surface area (Å²) >= 11 is 1.29. The molecule has 1 aliphatic heterocycles. The number of carbonyl (C=O) groups excluding carboxylic acids is 2. The Morgan fingerprint density at radius 3 is 2.76 bits per heavy atom. The molecule has 5 N–H and O–H groups in total. The van der Waals surface area contributed by atoms with E-state index in [9.17, 15) is 9.59 Å². The predicted octanol–water partition coefficient (Wildman–Crippen LogP) is 0.709. The molecule has 0 radical (unpaired) electrons. The predicted molar refractivity (Wildman–Crippen MR) is 81.9 cm³/mol. The summed E-state index contributed by atoms with van der Waals surface area (Å²) in [5, 5.41) is 2.84. The van der Waals surface area contributed by atoms with E-state index < -0.39 is 12.0 Å². The van der Waals surface area contributed by atoms with Crippen molar-refractivity contribution in [3.05, 3.63) is 24.3 Å². The maximum atomic E-state index is 12.2. The van der Waals surface area contributed by atoms with Crippen LogP contribution in [0, 0.1) is 0 Å². The van der Waals surface area contributed by atoms with Gasteiger partial charge in [-0.1, -0.05) is 12.1 Å². The molecule has 6 nitrogen and oxygen atoms in total. The van der Waals surface area contributed by atoms with Crippen LogP contribution >= 0.6 is 11.8 Å². The van der Waals surface area contributed by atoms with Crippen LogP contribution in [0.25, 0.3) is 0 Å². The van der Waals surface area contributed by atoms with Crippen LogP contribution in [0.3, 0.4) is 0 Å². The number of nitrogens with two attached hydrogens (primary N) is 2. The molecule has 0 aliphatic carbocycles. The summed E-state index contributed by atoms with van der Waals surface area (Å²) < 4.78 is 5.56. The highest BCUT2D eigenvalue weighted by Gasteiger charge is 2.30. The molecule has 7 heteroatoms. The van der Waals surface area contributed by atoms with E-state index in [2.05, 4.69) is 5.32 Å². The van der Waals surface area contributed by atoms with Crippen LogP contribution in [0.4, 0.5) is 5.69 Å². The van der Waals surface area contributed by atoms with E-state index in [-0.39, 0.29) is 17.8 Å². The van der Waals surface area contributed by atoms with Crippen LogP contribution in [-0.2, 0) is 14.3 Å². The number of amides is 2. The molecule has 21 heavy (non-hydrogen) atoms. The largest absolute Gasteiger partial charge is 0.369 e. The monoisotopic (exact) mass is 309 g/mol. The summed E-state index contributed by atoms with van der Waals surface area (Å²) in [5.74, 6) is -0.411. The fourth-order valence-electron chi connectivity index (χ4n) is 2.13. The summed E-state index contributed by atoms with van der Waals surface area (Å²) in [6, 6.07) is 7.29. The van der Waals surface area contributed by atoms with Gasteiger partial charge in [-0.15, -0.1) is 11.8 Å². The Kier molecular flexibility index (Phi) is 5.60. The van der Waals surface area contributed by atoms with Crippen molar-refractivity contribution in [2.45, 2.75) is 29.9 Å². The van der Waals surface area contributed by atoms with Crippen LogP contribution in [0.1, 0.15) is 12.8 Å². The molecule has 0 spiro atoms. The summed E-state index contributed by atoms with van der Waals surface area (Å²) in [6.45, 7) is 0.425. The molecule has 0 saturated carbocycles. The van der Waals surface area contributed by atoms with E-state index in [1.165, 1.54) is 11.8 Å². The fraction of sp³-hybridized carbons (Fsp3) is 0.429. The van der Waals surface area contributed by atoms with Crippen molar-refractivity contribution in [3.63, 3.8) is 0 Å². The van der Waals surface area contributed by atoms with Gasteiger partial charge in [0.2, 0.25) is 5.91 Å². The highest BCUT2D eigenvalue weighted by molar-refractivity contribution is 8.00. The number of nitrogens with one attached hydrogen (secondary N) is 1. The lowest BCUT2D eigenvalue weighted by atomic mass is 10.2. The lowest BCUT2D eigenvalue weighted by molar-refractivity contribution is -0.126. The lowest BCUT2D eigenvalue weighted by Gasteiger charge is -2.14. The number of hydrogen-bond donors (Lipinski definition) is 3. The smallest absolute Gasteiger partial charge is 0.253 e. The molecule has 2 atom stereocenters. The van der Waals surface area contributed by atoms with Gasteiger partial charge >= 0.3 is 0 Å². The van der Waals surface area contributed by atoms with Crippen LogP contribution in [0.15, 0.2) is 29.2 Å². The van der Waals surface area contributed by atoms with Gasteiger partial charge in [0, 0.05) is 11.4 Å². The minimum Gasteiger partial charge on any atom is -0.369 e. The third kappa shape index (κ3) is 4.45. The molecule has 2 amide bonds. The zero-order chi connectivity index (χ0) is 15.2.